The molecular formula is C39H43F9O2. The van der Waals surface area contributed by atoms with Crippen molar-refractivity contribution in [2.75, 3.05) is 0 Å². The van der Waals surface area contributed by atoms with Crippen molar-refractivity contribution in [1.29, 1.82) is 0 Å². The first-order valence-electron chi connectivity index (χ1n) is 17.3. The Bertz CT molecular complexity index is 1500. The first kappa shape index (κ1) is 39.3. The summed E-state index contributed by atoms with van der Waals surface area (Å²) in [5.41, 5.74) is -0.820. The van der Waals surface area contributed by atoms with E-state index in [1.165, 1.54) is 44.2 Å². The third kappa shape index (κ3) is 11.3. The average molecular weight is 715 g/mol. The first-order valence-corrected chi connectivity index (χ1v) is 17.3. The first-order chi connectivity index (χ1) is 23.8. The third-order valence-electron chi connectivity index (χ3n) is 9.00. The molecular weight excluding hydrogens is 671 g/mol. The van der Waals surface area contributed by atoms with Crippen LogP contribution >= 0.6 is 0 Å². The van der Waals surface area contributed by atoms with Gasteiger partial charge in [-0.1, -0.05) is 81.9 Å². The van der Waals surface area contributed by atoms with Gasteiger partial charge < -0.3 is 9.47 Å². The van der Waals surface area contributed by atoms with Crippen molar-refractivity contribution >= 4 is 0 Å². The predicted molar refractivity (Wildman–Crippen MR) is 174 cm³/mol. The Morgan fingerprint density at radius 3 is 1.84 bits per heavy atom. The van der Waals surface area contributed by atoms with Crippen LogP contribution < -0.4 is 4.74 Å². The normalized spacial score (nSPS) is 17.1. The van der Waals surface area contributed by atoms with Crippen LogP contribution in [0, 0.1) is 35.0 Å². The Kier molecular flexibility index (Phi) is 14.3. The van der Waals surface area contributed by atoms with Gasteiger partial charge in [-0.3, -0.25) is 0 Å². The molecule has 3 aromatic carbocycles. The van der Waals surface area contributed by atoms with Gasteiger partial charge in [-0.15, -0.1) is 0 Å². The number of alkyl halides is 4. The lowest BCUT2D eigenvalue weighted by Crippen LogP contribution is -2.29. The Morgan fingerprint density at radius 2 is 1.24 bits per heavy atom. The molecule has 2 nitrogen and oxygen atoms in total. The van der Waals surface area contributed by atoms with Gasteiger partial charge >= 0.3 is 12.2 Å². The van der Waals surface area contributed by atoms with E-state index in [9.17, 15) is 39.5 Å². The van der Waals surface area contributed by atoms with Gasteiger partial charge in [-0.2, -0.15) is 17.6 Å². The molecule has 0 radical (unpaired) electrons. The van der Waals surface area contributed by atoms with Crippen LogP contribution in [0.25, 0.3) is 0 Å². The Hall–Kier alpha value is -3.47. The number of hydrogen-bond donors (Lipinski definition) is 0. The molecule has 0 unspecified atom stereocenters. The monoisotopic (exact) mass is 714 g/mol. The van der Waals surface area contributed by atoms with E-state index in [1.807, 2.05) is 6.08 Å². The molecule has 3 aromatic rings. The predicted octanol–water partition coefficient (Wildman–Crippen LogP) is 12.6. The van der Waals surface area contributed by atoms with Crippen molar-refractivity contribution in [3.05, 3.63) is 112 Å². The van der Waals surface area contributed by atoms with Gasteiger partial charge in [-0.05, 0) is 80.5 Å². The van der Waals surface area contributed by atoms with Crippen molar-refractivity contribution in [2.45, 2.75) is 115 Å². The van der Waals surface area contributed by atoms with E-state index >= 15 is 0 Å². The van der Waals surface area contributed by atoms with E-state index in [0.29, 0.717) is 44.2 Å². The van der Waals surface area contributed by atoms with Crippen LogP contribution in [-0.2, 0) is 29.8 Å². The fourth-order valence-electron chi connectivity index (χ4n) is 6.20. The van der Waals surface area contributed by atoms with Gasteiger partial charge in [0.25, 0.3) is 0 Å². The van der Waals surface area contributed by atoms with Gasteiger partial charge in [0.1, 0.15) is 22.9 Å². The third-order valence-corrected chi connectivity index (χ3v) is 9.00. The van der Waals surface area contributed by atoms with E-state index in [1.54, 1.807) is 18.2 Å². The summed E-state index contributed by atoms with van der Waals surface area (Å²) < 4.78 is 138. The zero-order valence-electron chi connectivity index (χ0n) is 28.0. The van der Waals surface area contributed by atoms with Crippen LogP contribution in [0.2, 0.25) is 0 Å². The van der Waals surface area contributed by atoms with Crippen LogP contribution in [0.15, 0.2) is 60.7 Å². The highest BCUT2D eigenvalue weighted by atomic mass is 19.3. The molecule has 0 aromatic heterocycles. The van der Waals surface area contributed by atoms with Crippen molar-refractivity contribution in [1.82, 2.24) is 0 Å². The van der Waals surface area contributed by atoms with Crippen LogP contribution in [0.3, 0.4) is 0 Å². The number of rotatable bonds is 18. The molecule has 0 spiro atoms. The molecule has 1 fully saturated rings. The molecule has 4 rings (SSSR count). The van der Waals surface area contributed by atoms with Crippen LogP contribution in [0.5, 0.6) is 5.75 Å². The standard InChI is InChI=1S/C39H43F9O2/c1-2-3-4-5-6-7-8-11-26-14-18-29(19-15-26)38(45,46)49-30-20-16-27(17-21-30)12-9-10-13-28-22-32(40)36(33(41)23-28)39(47,48)50-31-24-34(42)37(44)35(43)25-31/h9,12,14-15,18-19,22-25,27,30H,2-8,10-11,13,16-17,20-21H2,1H3. The Labute approximate surface area is 287 Å². The summed E-state index contributed by atoms with van der Waals surface area (Å²) in [5, 5.41) is 0. The smallest absolute Gasteiger partial charge is 0.429 e. The van der Waals surface area contributed by atoms with Crippen LogP contribution in [-0.4, -0.2) is 6.10 Å². The van der Waals surface area contributed by atoms with Gasteiger partial charge in [0.15, 0.2) is 17.5 Å². The van der Waals surface area contributed by atoms with Crippen molar-refractivity contribution in [2.24, 2.45) is 5.92 Å². The highest BCUT2D eigenvalue weighted by molar-refractivity contribution is 5.31. The molecule has 1 aliphatic rings. The highest BCUT2D eigenvalue weighted by Gasteiger charge is 2.41. The molecule has 1 saturated carbocycles. The Morgan fingerprint density at radius 1 is 0.660 bits per heavy atom. The van der Waals surface area contributed by atoms with E-state index in [0.717, 1.165) is 24.8 Å². The second-order valence-corrected chi connectivity index (χ2v) is 13.0. The lowest BCUT2D eigenvalue weighted by Gasteiger charge is -2.30. The zero-order valence-corrected chi connectivity index (χ0v) is 28.0. The molecule has 0 heterocycles. The minimum atomic E-state index is -4.66. The molecule has 1 aliphatic carbocycles. The molecule has 0 aliphatic heterocycles. The molecule has 0 saturated heterocycles. The molecule has 11 heteroatoms. The molecule has 0 N–H and O–H groups in total. The maximum atomic E-state index is 14.9. The lowest BCUT2D eigenvalue weighted by molar-refractivity contribution is -0.277. The second kappa shape index (κ2) is 18.1. The quantitative estimate of drug-likeness (QED) is 0.0565. The molecule has 0 bridgehead atoms. The van der Waals surface area contributed by atoms with E-state index in [-0.39, 0.29) is 35.6 Å². The number of hydrogen-bond acceptors (Lipinski definition) is 2. The summed E-state index contributed by atoms with van der Waals surface area (Å²) in [6.07, 6.45) is 6.76. The molecule has 0 atom stereocenters. The summed E-state index contributed by atoms with van der Waals surface area (Å²) in [6.45, 7) is 2.19. The van der Waals surface area contributed by atoms with E-state index in [2.05, 4.69) is 11.7 Å². The number of unbranched alkanes of at least 4 members (excludes halogenated alkanes) is 6. The SMILES string of the molecule is CCCCCCCCCc1ccc(C(F)(F)OC2CCC(C=CCCc3cc(F)c(C(F)(F)Oc4cc(F)c(F)c(F)c4)c(F)c3)CC2)cc1. The van der Waals surface area contributed by atoms with Crippen molar-refractivity contribution in [3.8, 4) is 5.75 Å². The Balaban J connectivity index is 1.20. The molecule has 0 amide bonds. The van der Waals surface area contributed by atoms with Gasteiger partial charge in [0, 0.05) is 12.1 Å². The van der Waals surface area contributed by atoms with Crippen LogP contribution in [0.1, 0.15) is 106 Å². The fourth-order valence-corrected chi connectivity index (χ4v) is 6.20. The number of allylic oxidation sites excluding steroid dienone is 2. The maximum Gasteiger partial charge on any atom is 0.432 e. The van der Waals surface area contributed by atoms with Gasteiger partial charge in [0.05, 0.1) is 11.7 Å². The molecule has 50 heavy (non-hydrogen) atoms. The van der Waals surface area contributed by atoms with Crippen molar-refractivity contribution in [3.63, 3.8) is 0 Å². The number of ether oxygens (including phenoxy) is 2. The fraction of sp³-hybridized carbons (Fsp3) is 0.487. The number of halogens is 9. The maximum absolute atomic E-state index is 14.9. The number of benzene rings is 3. The van der Waals surface area contributed by atoms with Crippen LogP contribution in [0.4, 0.5) is 39.5 Å². The van der Waals surface area contributed by atoms with Gasteiger partial charge in [0.2, 0.25) is 0 Å². The van der Waals surface area contributed by atoms with Gasteiger partial charge in [-0.25, -0.2) is 22.0 Å². The second-order valence-electron chi connectivity index (χ2n) is 13.0. The summed E-state index contributed by atoms with van der Waals surface area (Å²) in [7, 11) is 0. The lowest BCUT2D eigenvalue weighted by atomic mass is 9.87. The largest absolute Gasteiger partial charge is 0.432 e. The highest BCUT2D eigenvalue weighted by Crippen LogP contribution is 2.38. The minimum absolute atomic E-state index is 0.0771. The summed E-state index contributed by atoms with van der Waals surface area (Å²) >= 11 is 0. The van der Waals surface area contributed by atoms with E-state index in [4.69, 9.17) is 4.74 Å². The average Bonchev–Trinajstić information content (AvgIpc) is 3.05. The van der Waals surface area contributed by atoms with E-state index < -0.39 is 58.7 Å². The summed E-state index contributed by atoms with van der Waals surface area (Å²) in [5.74, 6) is -9.86. The summed E-state index contributed by atoms with van der Waals surface area (Å²) in [4.78, 5) is 0. The minimum Gasteiger partial charge on any atom is -0.429 e. The summed E-state index contributed by atoms with van der Waals surface area (Å²) in [6, 6.07) is 8.06. The van der Waals surface area contributed by atoms with Crippen molar-refractivity contribution < 1.29 is 49.0 Å². The topological polar surface area (TPSA) is 18.5 Å². The molecule has 274 valence electrons. The zero-order chi connectivity index (χ0) is 36.3. The number of aryl methyl sites for hydroxylation is 2.